The van der Waals surface area contributed by atoms with Gasteiger partial charge in [0.1, 0.15) is 11.3 Å². The fourth-order valence-corrected chi connectivity index (χ4v) is 3.22. The second-order valence-electron chi connectivity index (χ2n) is 7.21. The molecule has 1 saturated carbocycles. The summed E-state index contributed by atoms with van der Waals surface area (Å²) in [7, 11) is 0. The predicted octanol–water partition coefficient (Wildman–Crippen LogP) is 2.58. The Balaban J connectivity index is 1.98. The summed E-state index contributed by atoms with van der Waals surface area (Å²) in [5, 5.41) is 12.3. The Kier molecular flexibility index (Phi) is 5.44. The third-order valence-electron chi connectivity index (χ3n) is 4.98. The average molecular weight is 368 g/mol. The van der Waals surface area contributed by atoms with Gasteiger partial charge in [0.05, 0.1) is 6.54 Å². The minimum absolute atomic E-state index is 0.0355. The first-order valence-corrected chi connectivity index (χ1v) is 9.22. The molecule has 2 aromatic rings. The van der Waals surface area contributed by atoms with Crippen LogP contribution in [0.25, 0.3) is 0 Å². The van der Waals surface area contributed by atoms with E-state index in [0.717, 1.165) is 6.42 Å². The number of aromatic hydroxyl groups is 1. The first-order valence-electron chi connectivity index (χ1n) is 9.22. The monoisotopic (exact) mass is 368 g/mol. The number of rotatable bonds is 7. The molecule has 0 bridgehead atoms. The van der Waals surface area contributed by atoms with Crippen molar-refractivity contribution in [1.82, 2.24) is 9.88 Å². The first-order chi connectivity index (χ1) is 12.9. The molecule has 0 radical (unpaired) electrons. The smallest absolute Gasteiger partial charge is 0.263 e. The molecule has 1 aromatic carbocycles. The van der Waals surface area contributed by atoms with E-state index in [0.29, 0.717) is 35.9 Å². The highest BCUT2D eigenvalue weighted by Crippen LogP contribution is 2.41. The number of Topliss-reactive ketones (excluding diaryl/α,β-unsaturated/α-hetero) is 1. The fourth-order valence-electron chi connectivity index (χ4n) is 3.22. The molecular formula is C21H24N2O4. The van der Waals surface area contributed by atoms with Crippen molar-refractivity contribution in [2.45, 2.75) is 33.2 Å². The summed E-state index contributed by atoms with van der Waals surface area (Å²) in [6, 6.07) is 7.96. The lowest BCUT2D eigenvalue weighted by Crippen LogP contribution is -2.34. The fraction of sp³-hybridized carbons (Fsp3) is 0.381. The van der Waals surface area contributed by atoms with Gasteiger partial charge in [-0.2, -0.15) is 0 Å². The zero-order valence-electron chi connectivity index (χ0n) is 15.6. The number of phenols is 1. The number of carbonyl (C=O) groups is 2. The summed E-state index contributed by atoms with van der Waals surface area (Å²) in [5.74, 6) is 0.493. The first kappa shape index (κ1) is 18.9. The number of phenolic OH excluding ortho intramolecular Hbond substituents is 1. The molecule has 142 valence electrons. The molecule has 6 heteroatoms. The van der Waals surface area contributed by atoms with Crippen molar-refractivity contribution in [1.29, 1.82) is 0 Å². The molecule has 0 spiro atoms. The van der Waals surface area contributed by atoms with Crippen LogP contribution in [0.4, 0.5) is 0 Å². The van der Waals surface area contributed by atoms with E-state index in [-0.39, 0.29) is 23.6 Å². The molecule has 1 aliphatic carbocycles. The number of nitrogens with zero attached hydrogens (tertiary/aromatic N) is 1. The number of amides is 1. The van der Waals surface area contributed by atoms with Gasteiger partial charge in [-0.3, -0.25) is 14.4 Å². The predicted molar refractivity (Wildman–Crippen MR) is 102 cm³/mol. The van der Waals surface area contributed by atoms with Crippen molar-refractivity contribution in [2.24, 2.45) is 11.8 Å². The van der Waals surface area contributed by atoms with Crippen molar-refractivity contribution in [3.8, 4) is 5.75 Å². The molecule has 2 N–H and O–H groups in total. The van der Waals surface area contributed by atoms with Crippen molar-refractivity contribution < 1.29 is 14.7 Å². The van der Waals surface area contributed by atoms with E-state index in [2.05, 4.69) is 12.2 Å². The SMILES string of the molecule is CCNC(=O)c1cc(C(=O)C[C@H]2C[C@@H]2C)cn(Cc2cccc(O)c2)c1=O. The van der Waals surface area contributed by atoms with Gasteiger partial charge in [-0.05, 0) is 48.9 Å². The van der Waals surface area contributed by atoms with E-state index < -0.39 is 11.5 Å². The zero-order chi connectivity index (χ0) is 19.6. The van der Waals surface area contributed by atoms with E-state index in [1.54, 1.807) is 31.2 Å². The second kappa shape index (κ2) is 7.78. The lowest BCUT2D eigenvalue weighted by atomic mass is 10.0. The summed E-state index contributed by atoms with van der Waals surface area (Å²) < 4.78 is 1.36. The number of hydrogen-bond donors (Lipinski definition) is 2. The molecule has 0 aliphatic heterocycles. The maximum absolute atomic E-state index is 12.8. The molecule has 0 unspecified atom stereocenters. The van der Waals surface area contributed by atoms with Crippen LogP contribution in [-0.2, 0) is 6.54 Å². The molecular weight excluding hydrogens is 344 g/mol. The van der Waals surface area contributed by atoms with Gasteiger partial charge in [0.2, 0.25) is 0 Å². The van der Waals surface area contributed by atoms with Gasteiger partial charge in [0.15, 0.2) is 5.78 Å². The summed E-state index contributed by atoms with van der Waals surface area (Å²) in [6.45, 7) is 4.44. The summed E-state index contributed by atoms with van der Waals surface area (Å²) >= 11 is 0. The Bertz CT molecular complexity index is 932. The number of benzene rings is 1. The number of carbonyl (C=O) groups excluding carboxylic acids is 2. The average Bonchev–Trinajstić information content (AvgIpc) is 3.31. The number of pyridine rings is 1. The summed E-state index contributed by atoms with van der Waals surface area (Å²) in [5.41, 5.74) is 0.585. The van der Waals surface area contributed by atoms with Gasteiger partial charge in [-0.25, -0.2) is 0 Å². The molecule has 1 aromatic heterocycles. The number of nitrogens with one attached hydrogen (secondary N) is 1. The Morgan fingerprint density at radius 2 is 2.04 bits per heavy atom. The van der Waals surface area contributed by atoms with Crippen molar-refractivity contribution >= 4 is 11.7 Å². The minimum Gasteiger partial charge on any atom is -0.508 e. The Morgan fingerprint density at radius 1 is 1.30 bits per heavy atom. The van der Waals surface area contributed by atoms with Crippen LogP contribution >= 0.6 is 0 Å². The van der Waals surface area contributed by atoms with Crippen molar-refractivity contribution in [3.05, 3.63) is 63.6 Å². The van der Waals surface area contributed by atoms with Gasteiger partial charge in [-0.15, -0.1) is 0 Å². The van der Waals surface area contributed by atoms with Crippen molar-refractivity contribution in [3.63, 3.8) is 0 Å². The van der Waals surface area contributed by atoms with Crippen LogP contribution in [0.5, 0.6) is 5.75 Å². The Labute approximate surface area is 157 Å². The number of ketones is 1. The van der Waals surface area contributed by atoms with Crippen LogP contribution < -0.4 is 10.9 Å². The van der Waals surface area contributed by atoms with Crippen LogP contribution in [-0.4, -0.2) is 27.9 Å². The topological polar surface area (TPSA) is 88.4 Å². The maximum atomic E-state index is 12.8. The molecule has 1 aliphatic rings. The Hall–Kier alpha value is -2.89. The lowest BCUT2D eigenvalue weighted by Gasteiger charge is -2.12. The molecule has 3 rings (SSSR count). The normalized spacial score (nSPS) is 18.1. The van der Waals surface area contributed by atoms with Crippen LogP contribution in [0.3, 0.4) is 0 Å². The molecule has 1 heterocycles. The van der Waals surface area contributed by atoms with E-state index in [9.17, 15) is 19.5 Å². The summed E-state index contributed by atoms with van der Waals surface area (Å²) in [6.07, 6.45) is 2.99. The van der Waals surface area contributed by atoms with E-state index in [1.165, 1.54) is 16.8 Å². The number of aromatic nitrogens is 1. The van der Waals surface area contributed by atoms with Gasteiger partial charge in [-0.1, -0.05) is 19.1 Å². The van der Waals surface area contributed by atoms with Gasteiger partial charge < -0.3 is 15.0 Å². The summed E-state index contributed by atoms with van der Waals surface area (Å²) in [4.78, 5) is 37.7. The van der Waals surface area contributed by atoms with Gasteiger partial charge in [0, 0.05) is 24.7 Å². The lowest BCUT2D eigenvalue weighted by molar-refractivity contribution is 0.0953. The quantitative estimate of drug-likeness (QED) is 0.735. The third-order valence-corrected chi connectivity index (χ3v) is 4.98. The van der Waals surface area contributed by atoms with Crippen molar-refractivity contribution in [2.75, 3.05) is 6.54 Å². The minimum atomic E-state index is -0.485. The largest absolute Gasteiger partial charge is 0.508 e. The van der Waals surface area contributed by atoms with Gasteiger partial charge >= 0.3 is 0 Å². The van der Waals surface area contributed by atoms with Gasteiger partial charge in [0.25, 0.3) is 11.5 Å². The molecule has 2 atom stereocenters. The van der Waals surface area contributed by atoms with Crippen LogP contribution in [0, 0.1) is 11.8 Å². The second-order valence-corrected chi connectivity index (χ2v) is 7.21. The van der Waals surface area contributed by atoms with E-state index in [1.807, 2.05) is 0 Å². The standard InChI is InChI=1S/C21H24N2O4/c1-3-22-20(26)18-9-16(19(25)10-15-7-13(15)2)12-23(21(18)27)11-14-5-4-6-17(24)8-14/h4-6,8-9,12-13,15,24H,3,7,10-11H2,1-2H3,(H,22,26)/t13-,15+/m0/s1. The molecule has 6 nitrogen and oxygen atoms in total. The van der Waals surface area contributed by atoms with Crippen LogP contribution in [0.1, 0.15) is 53.0 Å². The van der Waals surface area contributed by atoms with E-state index >= 15 is 0 Å². The molecule has 27 heavy (non-hydrogen) atoms. The third kappa shape index (κ3) is 4.45. The maximum Gasteiger partial charge on any atom is 0.263 e. The zero-order valence-corrected chi connectivity index (χ0v) is 15.6. The van der Waals surface area contributed by atoms with Crippen LogP contribution in [0.2, 0.25) is 0 Å². The highest BCUT2D eigenvalue weighted by molar-refractivity contribution is 6.00. The highest BCUT2D eigenvalue weighted by atomic mass is 16.3. The molecule has 0 saturated heterocycles. The van der Waals surface area contributed by atoms with Crippen LogP contribution in [0.15, 0.2) is 41.3 Å². The Morgan fingerprint density at radius 3 is 2.67 bits per heavy atom. The number of hydrogen-bond acceptors (Lipinski definition) is 4. The van der Waals surface area contributed by atoms with E-state index in [4.69, 9.17) is 0 Å². The molecule has 1 fully saturated rings. The molecule has 1 amide bonds. The highest BCUT2D eigenvalue weighted by Gasteiger charge is 2.34.